The maximum Gasteiger partial charge on any atom is 0.586 e. The van der Waals surface area contributed by atoms with Gasteiger partial charge in [-0.15, -0.1) is 8.78 Å². The lowest BCUT2D eigenvalue weighted by Gasteiger charge is -2.22. The molecule has 2 bridgehead atoms. The average Bonchev–Trinajstić information content (AvgIpc) is 3.06. The van der Waals surface area contributed by atoms with Gasteiger partial charge in [0.1, 0.15) is 0 Å². The van der Waals surface area contributed by atoms with Crippen LogP contribution in [0.15, 0.2) is 18.2 Å². The third-order valence-electron chi connectivity index (χ3n) is 4.85. The minimum absolute atomic E-state index is 0.0977. The van der Waals surface area contributed by atoms with Crippen molar-refractivity contribution in [2.24, 2.45) is 17.8 Å². The highest BCUT2D eigenvalue weighted by Gasteiger charge is 2.43. The van der Waals surface area contributed by atoms with Crippen LogP contribution < -0.4 is 14.8 Å². The summed E-state index contributed by atoms with van der Waals surface area (Å²) in [6.07, 6.45) is 1.89. The molecule has 2 aliphatic carbocycles. The summed E-state index contributed by atoms with van der Waals surface area (Å²) < 4.78 is 34.7. The van der Waals surface area contributed by atoms with E-state index in [0.717, 1.165) is 30.0 Å². The van der Waals surface area contributed by atoms with Crippen LogP contribution in [0, 0.1) is 17.8 Å². The summed E-state index contributed by atoms with van der Waals surface area (Å²) in [5.41, 5.74) is 0.813. The summed E-state index contributed by atoms with van der Waals surface area (Å²) in [4.78, 5) is 0. The largest absolute Gasteiger partial charge is 0.586 e. The van der Waals surface area contributed by atoms with E-state index in [1.54, 1.807) is 12.1 Å². The average molecular weight is 281 g/mol. The molecule has 0 aromatic heterocycles. The van der Waals surface area contributed by atoms with Crippen molar-refractivity contribution in [1.29, 1.82) is 0 Å². The molecule has 0 radical (unpaired) electrons. The second kappa shape index (κ2) is 4.24. The summed E-state index contributed by atoms with van der Waals surface area (Å²) in [5.74, 6) is 2.70. The number of hydrogen-bond acceptors (Lipinski definition) is 3. The highest BCUT2D eigenvalue weighted by Crippen LogP contribution is 2.48. The third-order valence-corrected chi connectivity index (χ3v) is 4.85. The smallest absolute Gasteiger partial charge is 0.395 e. The highest BCUT2D eigenvalue weighted by molar-refractivity contribution is 5.56. The number of alkyl halides is 2. The normalized spacial score (nSPS) is 32.6. The Hall–Kier alpha value is -1.52. The van der Waals surface area contributed by atoms with Crippen molar-refractivity contribution >= 4 is 5.69 Å². The zero-order chi connectivity index (χ0) is 13.7. The van der Waals surface area contributed by atoms with Crippen molar-refractivity contribution in [2.75, 3.05) is 11.9 Å². The molecule has 5 heteroatoms. The fourth-order valence-electron chi connectivity index (χ4n) is 3.93. The molecule has 1 N–H and O–H groups in total. The Balaban J connectivity index is 1.41. The van der Waals surface area contributed by atoms with Gasteiger partial charge in [0.05, 0.1) is 0 Å². The van der Waals surface area contributed by atoms with Gasteiger partial charge in [0.2, 0.25) is 0 Å². The fraction of sp³-hybridized carbons (Fsp3) is 0.600. The number of halogens is 2. The van der Waals surface area contributed by atoms with Crippen LogP contribution in [0.25, 0.3) is 0 Å². The molecule has 3 aliphatic rings. The molecule has 108 valence electrons. The number of benzene rings is 1. The first-order valence-corrected chi connectivity index (χ1v) is 7.23. The molecule has 2 saturated carbocycles. The summed E-state index contributed by atoms with van der Waals surface area (Å²) >= 11 is 0. The SMILES string of the molecule is FC1(F)Oc2ccc(NCC3CC4CCC3C4)cc2O1. The summed E-state index contributed by atoms with van der Waals surface area (Å²) in [6, 6.07) is 4.87. The number of fused-ring (bicyclic) bond motifs is 3. The van der Waals surface area contributed by atoms with Gasteiger partial charge in [-0.1, -0.05) is 6.42 Å². The van der Waals surface area contributed by atoms with Gasteiger partial charge < -0.3 is 14.8 Å². The molecule has 1 aromatic rings. The van der Waals surface area contributed by atoms with Gasteiger partial charge in [0, 0.05) is 18.3 Å². The Morgan fingerprint density at radius 3 is 2.75 bits per heavy atom. The number of nitrogens with one attached hydrogen (secondary N) is 1. The van der Waals surface area contributed by atoms with E-state index in [1.165, 1.54) is 31.7 Å². The minimum Gasteiger partial charge on any atom is -0.395 e. The quantitative estimate of drug-likeness (QED) is 0.912. The Labute approximate surface area is 116 Å². The standard InChI is InChI=1S/C15H17F2NO2/c16-15(17)19-13-4-3-12(7-14(13)20-15)18-8-11-6-9-1-2-10(11)5-9/h3-4,7,9-11,18H,1-2,5-6,8H2. The predicted octanol–water partition coefficient (Wildman–Crippen LogP) is 3.86. The van der Waals surface area contributed by atoms with Crippen LogP contribution in [0.5, 0.6) is 11.5 Å². The Morgan fingerprint density at radius 2 is 2.00 bits per heavy atom. The lowest BCUT2D eigenvalue weighted by Crippen LogP contribution is -2.25. The first kappa shape index (κ1) is 12.2. The van der Waals surface area contributed by atoms with Gasteiger partial charge in [0.15, 0.2) is 11.5 Å². The molecule has 1 heterocycles. The van der Waals surface area contributed by atoms with Gasteiger partial charge in [-0.05, 0) is 49.1 Å². The van der Waals surface area contributed by atoms with E-state index in [2.05, 4.69) is 14.8 Å². The van der Waals surface area contributed by atoms with E-state index in [9.17, 15) is 8.78 Å². The van der Waals surface area contributed by atoms with Gasteiger partial charge in [-0.3, -0.25) is 0 Å². The van der Waals surface area contributed by atoms with Crippen molar-refractivity contribution in [1.82, 2.24) is 0 Å². The fourth-order valence-corrected chi connectivity index (χ4v) is 3.93. The maximum atomic E-state index is 12.9. The van der Waals surface area contributed by atoms with Crippen LogP contribution in [-0.4, -0.2) is 12.8 Å². The number of anilines is 1. The second-order valence-electron chi connectivity index (χ2n) is 6.14. The molecule has 0 saturated heterocycles. The lowest BCUT2D eigenvalue weighted by molar-refractivity contribution is -0.286. The molecule has 20 heavy (non-hydrogen) atoms. The monoisotopic (exact) mass is 281 g/mol. The first-order valence-electron chi connectivity index (χ1n) is 7.23. The number of hydrogen-bond donors (Lipinski definition) is 1. The molecule has 3 atom stereocenters. The Bertz CT molecular complexity index is 535. The molecular weight excluding hydrogens is 264 g/mol. The van der Waals surface area contributed by atoms with E-state index >= 15 is 0 Å². The molecule has 0 amide bonds. The summed E-state index contributed by atoms with van der Waals surface area (Å²) in [7, 11) is 0. The Morgan fingerprint density at radius 1 is 1.15 bits per heavy atom. The molecule has 3 nitrogen and oxygen atoms in total. The van der Waals surface area contributed by atoms with Crippen molar-refractivity contribution < 1.29 is 18.3 Å². The van der Waals surface area contributed by atoms with Gasteiger partial charge in [-0.25, -0.2) is 0 Å². The molecule has 3 unspecified atom stereocenters. The molecule has 1 aliphatic heterocycles. The molecular formula is C15H17F2NO2. The van der Waals surface area contributed by atoms with Crippen molar-refractivity contribution in [3.63, 3.8) is 0 Å². The maximum absolute atomic E-state index is 12.9. The van der Waals surface area contributed by atoms with Crippen molar-refractivity contribution in [3.05, 3.63) is 18.2 Å². The van der Waals surface area contributed by atoms with Crippen molar-refractivity contribution in [3.8, 4) is 11.5 Å². The molecule has 2 fully saturated rings. The number of rotatable bonds is 3. The van der Waals surface area contributed by atoms with Crippen LogP contribution in [-0.2, 0) is 0 Å². The summed E-state index contributed by atoms with van der Waals surface area (Å²) in [5, 5.41) is 3.35. The molecule has 1 aromatic carbocycles. The second-order valence-corrected chi connectivity index (χ2v) is 6.14. The minimum atomic E-state index is -3.54. The lowest BCUT2D eigenvalue weighted by atomic mass is 9.89. The van der Waals surface area contributed by atoms with Crippen LogP contribution in [0.1, 0.15) is 25.7 Å². The highest BCUT2D eigenvalue weighted by atomic mass is 19.3. The van der Waals surface area contributed by atoms with Crippen LogP contribution >= 0.6 is 0 Å². The van der Waals surface area contributed by atoms with Crippen LogP contribution in [0.4, 0.5) is 14.5 Å². The van der Waals surface area contributed by atoms with E-state index in [0.29, 0.717) is 0 Å². The number of ether oxygens (including phenoxy) is 2. The third kappa shape index (κ3) is 2.09. The van der Waals surface area contributed by atoms with E-state index < -0.39 is 6.29 Å². The van der Waals surface area contributed by atoms with Crippen molar-refractivity contribution in [2.45, 2.75) is 32.0 Å². The Kier molecular flexibility index (Phi) is 2.59. The van der Waals surface area contributed by atoms with Crippen LogP contribution in [0.2, 0.25) is 0 Å². The zero-order valence-electron chi connectivity index (χ0n) is 11.1. The van der Waals surface area contributed by atoms with E-state index in [4.69, 9.17) is 0 Å². The predicted molar refractivity (Wildman–Crippen MR) is 70.1 cm³/mol. The topological polar surface area (TPSA) is 30.5 Å². The van der Waals surface area contributed by atoms with Gasteiger partial charge in [-0.2, -0.15) is 0 Å². The van der Waals surface area contributed by atoms with Gasteiger partial charge >= 0.3 is 6.29 Å². The summed E-state index contributed by atoms with van der Waals surface area (Å²) in [6.45, 7) is 0.914. The van der Waals surface area contributed by atoms with E-state index in [-0.39, 0.29) is 11.5 Å². The van der Waals surface area contributed by atoms with E-state index in [1.807, 2.05) is 0 Å². The zero-order valence-corrected chi connectivity index (χ0v) is 11.1. The van der Waals surface area contributed by atoms with Gasteiger partial charge in [0.25, 0.3) is 0 Å². The first-order chi connectivity index (χ1) is 9.59. The molecule has 0 spiro atoms. The molecule has 4 rings (SSSR count). The van der Waals surface area contributed by atoms with Crippen LogP contribution in [0.3, 0.4) is 0 Å².